The molecule has 7 heteroatoms. The minimum atomic E-state index is -0.526. The number of hydrogen-bond acceptors (Lipinski definition) is 2. The molecule has 0 aliphatic carbocycles. The quantitative estimate of drug-likeness (QED) is 0.851. The van der Waals surface area contributed by atoms with E-state index in [9.17, 15) is 9.18 Å². The fraction of sp³-hybridized carbons (Fsp3) is 0.278. The molecule has 0 bridgehead atoms. The van der Waals surface area contributed by atoms with Crippen molar-refractivity contribution >= 4 is 40.5 Å². The van der Waals surface area contributed by atoms with Crippen LogP contribution in [-0.2, 0) is 4.79 Å². The summed E-state index contributed by atoms with van der Waals surface area (Å²) < 4.78 is 13.7. The van der Waals surface area contributed by atoms with E-state index in [0.29, 0.717) is 11.6 Å². The average molecular weight is 383 g/mol. The predicted octanol–water partition coefficient (Wildman–Crippen LogP) is 2.48. The van der Waals surface area contributed by atoms with E-state index in [2.05, 4.69) is 10.2 Å². The lowest BCUT2D eigenvalue weighted by Gasteiger charge is -2.33. The third-order valence-electron chi connectivity index (χ3n) is 4.26. The number of hydrogen-bond donors (Lipinski definition) is 2. The molecule has 1 amide bonds. The van der Waals surface area contributed by atoms with Gasteiger partial charge in [-0.2, -0.15) is 0 Å². The maximum absolute atomic E-state index is 13.7. The summed E-state index contributed by atoms with van der Waals surface area (Å²) in [7, 11) is 0. The van der Waals surface area contributed by atoms with E-state index in [1.54, 1.807) is 6.07 Å². The molecule has 0 atom stereocenters. The first-order valence-corrected chi connectivity index (χ1v) is 8.86. The fourth-order valence-corrected chi connectivity index (χ4v) is 3.29. The number of halogens is 3. The highest BCUT2D eigenvalue weighted by Gasteiger charge is 2.22. The van der Waals surface area contributed by atoms with Gasteiger partial charge < -0.3 is 15.1 Å². The van der Waals surface area contributed by atoms with E-state index in [1.165, 1.54) is 17.0 Å². The summed E-state index contributed by atoms with van der Waals surface area (Å²) in [5.74, 6) is -0.728. The van der Waals surface area contributed by atoms with Crippen molar-refractivity contribution in [3.63, 3.8) is 0 Å². The van der Waals surface area contributed by atoms with Gasteiger partial charge in [-0.3, -0.25) is 4.79 Å². The van der Waals surface area contributed by atoms with Crippen LogP contribution in [0.1, 0.15) is 0 Å². The van der Waals surface area contributed by atoms with Crippen molar-refractivity contribution in [3.8, 4) is 0 Å². The molecule has 0 saturated carbocycles. The van der Waals surface area contributed by atoms with Crippen LogP contribution in [0.3, 0.4) is 0 Å². The number of quaternary nitrogens is 1. The normalized spacial score (nSPS) is 15.2. The molecule has 4 nitrogen and oxygen atoms in total. The summed E-state index contributed by atoms with van der Waals surface area (Å²) in [6.45, 7) is 3.67. The molecule has 0 aromatic heterocycles. The van der Waals surface area contributed by atoms with Gasteiger partial charge in [0.05, 0.1) is 31.9 Å². The predicted molar refractivity (Wildman–Crippen MR) is 99.3 cm³/mol. The molecule has 0 radical (unpaired) electrons. The van der Waals surface area contributed by atoms with Gasteiger partial charge in [0, 0.05) is 15.7 Å². The fourth-order valence-electron chi connectivity index (χ4n) is 2.94. The van der Waals surface area contributed by atoms with Gasteiger partial charge in [-0.1, -0.05) is 29.3 Å². The van der Waals surface area contributed by atoms with Crippen LogP contribution in [0.4, 0.5) is 15.8 Å². The zero-order valence-corrected chi connectivity index (χ0v) is 15.1. The van der Waals surface area contributed by atoms with Crippen molar-refractivity contribution in [3.05, 3.63) is 58.3 Å². The highest BCUT2D eigenvalue weighted by Crippen LogP contribution is 2.20. The SMILES string of the molecule is O=C(C[NH+]1CCN(c2cccc(Cl)c2)CC1)Nc1ccc(Cl)cc1F. The lowest BCUT2D eigenvalue weighted by molar-refractivity contribution is -0.892. The molecular formula is C18H19Cl2FN3O+. The van der Waals surface area contributed by atoms with Gasteiger partial charge >= 0.3 is 0 Å². The Morgan fingerprint density at radius 2 is 1.84 bits per heavy atom. The van der Waals surface area contributed by atoms with Gasteiger partial charge in [-0.05, 0) is 36.4 Å². The van der Waals surface area contributed by atoms with Gasteiger partial charge in [-0.25, -0.2) is 4.39 Å². The molecule has 2 aromatic carbocycles. The first kappa shape index (κ1) is 18.0. The van der Waals surface area contributed by atoms with E-state index >= 15 is 0 Å². The molecule has 1 heterocycles. The molecule has 0 unspecified atom stereocenters. The second-order valence-corrected chi connectivity index (χ2v) is 6.94. The highest BCUT2D eigenvalue weighted by atomic mass is 35.5. The van der Waals surface area contributed by atoms with Gasteiger partial charge in [-0.15, -0.1) is 0 Å². The Morgan fingerprint density at radius 1 is 1.12 bits per heavy atom. The largest absolute Gasteiger partial charge is 0.360 e. The summed E-state index contributed by atoms with van der Waals surface area (Å²) in [5.41, 5.74) is 1.26. The summed E-state index contributed by atoms with van der Waals surface area (Å²) in [5, 5.41) is 3.63. The van der Waals surface area contributed by atoms with Gasteiger partial charge in [0.2, 0.25) is 0 Å². The van der Waals surface area contributed by atoms with E-state index in [0.717, 1.165) is 36.9 Å². The van der Waals surface area contributed by atoms with Crippen molar-refractivity contribution in [1.29, 1.82) is 0 Å². The van der Waals surface area contributed by atoms with E-state index < -0.39 is 5.82 Å². The molecule has 1 saturated heterocycles. The molecule has 1 aliphatic heterocycles. The van der Waals surface area contributed by atoms with E-state index in [1.807, 2.05) is 24.3 Å². The van der Waals surface area contributed by atoms with Crippen LogP contribution in [0.5, 0.6) is 0 Å². The van der Waals surface area contributed by atoms with Crippen molar-refractivity contribution < 1.29 is 14.1 Å². The van der Waals surface area contributed by atoms with Crippen LogP contribution in [-0.4, -0.2) is 38.6 Å². The van der Waals surface area contributed by atoms with Crippen LogP contribution in [0, 0.1) is 5.82 Å². The monoisotopic (exact) mass is 382 g/mol. The third kappa shape index (κ3) is 4.84. The van der Waals surface area contributed by atoms with Crippen molar-refractivity contribution in [1.82, 2.24) is 0 Å². The number of amides is 1. The first-order valence-electron chi connectivity index (χ1n) is 8.10. The lowest BCUT2D eigenvalue weighted by Crippen LogP contribution is -3.15. The smallest absolute Gasteiger partial charge is 0.279 e. The van der Waals surface area contributed by atoms with Crippen LogP contribution in [0.15, 0.2) is 42.5 Å². The average Bonchev–Trinajstić information content (AvgIpc) is 2.58. The van der Waals surface area contributed by atoms with Crippen molar-refractivity contribution in [2.24, 2.45) is 0 Å². The number of rotatable bonds is 4. The maximum Gasteiger partial charge on any atom is 0.279 e. The Balaban J connectivity index is 1.51. The summed E-state index contributed by atoms with van der Waals surface area (Å²) >= 11 is 11.8. The minimum absolute atomic E-state index is 0.159. The molecule has 132 valence electrons. The Morgan fingerprint density at radius 3 is 2.52 bits per heavy atom. The van der Waals surface area contributed by atoms with E-state index in [4.69, 9.17) is 23.2 Å². The molecule has 2 N–H and O–H groups in total. The standard InChI is InChI=1S/C18H18Cl2FN3O/c19-13-2-1-3-15(10-13)24-8-6-23(7-9-24)12-18(25)22-17-5-4-14(20)11-16(17)21/h1-5,10-11H,6-9,12H2,(H,22,25)/p+1. The topological polar surface area (TPSA) is 36.8 Å². The second-order valence-electron chi connectivity index (χ2n) is 6.07. The molecule has 1 fully saturated rings. The van der Waals surface area contributed by atoms with Crippen molar-refractivity contribution in [2.75, 3.05) is 42.9 Å². The number of carbonyl (C=O) groups excluding carboxylic acids is 1. The molecule has 25 heavy (non-hydrogen) atoms. The number of anilines is 2. The number of nitrogens with one attached hydrogen (secondary N) is 2. The number of benzene rings is 2. The number of piperazine rings is 1. The van der Waals surface area contributed by atoms with Gasteiger partial charge in [0.25, 0.3) is 5.91 Å². The molecule has 1 aliphatic rings. The molecule has 2 aromatic rings. The Hall–Kier alpha value is -1.82. The van der Waals surface area contributed by atoms with Crippen LogP contribution in [0.2, 0.25) is 10.0 Å². The Bertz CT molecular complexity index is 764. The molecular weight excluding hydrogens is 364 g/mol. The van der Waals surface area contributed by atoms with Crippen LogP contribution >= 0.6 is 23.2 Å². The lowest BCUT2D eigenvalue weighted by atomic mass is 10.2. The first-order chi connectivity index (χ1) is 12.0. The summed E-state index contributed by atoms with van der Waals surface area (Å²) in [4.78, 5) is 15.6. The minimum Gasteiger partial charge on any atom is -0.360 e. The summed E-state index contributed by atoms with van der Waals surface area (Å²) in [6, 6.07) is 12.0. The number of carbonyl (C=O) groups is 1. The Kier molecular flexibility index (Phi) is 5.78. The van der Waals surface area contributed by atoms with Gasteiger partial charge in [0.1, 0.15) is 5.82 Å². The molecule has 0 spiro atoms. The van der Waals surface area contributed by atoms with Crippen LogP contribution < -0.4 is 15.1 Å². The highest BCUT2D eigenvalue weighted by molar-refractivity contribution is 6.31. The maximum atomic E-state index is 13.7. The van der Waals surface area contributed by atoms with Crippen molar-refractivity contribution in [2.45, 2.75) is 0 Å². The Labute approximate surface area is 156 Å². The zero-order valence-electron chi connectivity index (χ0n) is 13.6. The second kappa shape index (κ2) is 8.04. The van der Waals surface area contributed by atoms with E-state index in [-0.39, 0.29) is 11.6 Å². The third-order valence-corrected chi connectivity index (χ3v) is 4.73. The van der Waals surface area contributed by atoms with Gasteiger partial charge in [0.15, 0.2) is 6.54 Å². The molecule has 3 rings (SSSR count). The zero-order chi connectivity index (χ0) is 17.8. The number of nitrogens with zero attached hydrogens (tertiary/aromatic N) is 1. The van der Waals surface area contributed by atoms with Crippen LogP contribution in [0.25, 0.3) is 0 Å². The summed E-state index contributed by atoms with van der Waals surface area (Å²) in [6.07, 6.45) is 0.